The van der Waals surface area contributed by atoms with Crippen LogP contribution >= 0.6 is 0 Å². The summed E-state index contributed by atoms with van der Waals surface area (Å²) in [6.45, 7) is 1.89. The van der Waals surface area contributed by atoms with Crippen LogP contribution in [-0.4, -0.2) is 14.6 Å². The number of rotatable bonds is 1. The van der Waals surface area contributed by atoms with E-state index in [1.165, 1.54) is 0 Å². The van der Waals surface area contributed by atoms with E-state index in [-0.39, 0.29) is 5.65 Å². The number of hydrogen-bond acceptors (Lipinski definition) is 2. The van der Waals surface area contributed by atoms with Crippen molar-refractivity contribution in [2.45, 2.75) is 13.1 Å². The van der Waals surface area contributed by atoms with E-state index >= 15 is 0 Å². The highest BCUT2D eigenvalue weighted by molar-refractivity contribution is 5.67. The molecule has 6 heteroatoms. The van der Waals surface area contributed by atoms with Gasteiger partial charge in [-0.3, -0.25) is 0 Å². The Morgan fingerprint density at radius 2 is 1.85 bits per heavy atom. The maximum absolute atomic E-state index is 12.9. The molecule has 3 nitrogen and oxygen atoms in total. The Bertz CT molecular complexity index is 775. The third-order valence-corrected chi connectivity index (χ3v) is 3.07. The van der Waals surface area contributed by atoms with E-state index in [4.69, 9.17) is 0 Å². The summed E-state index contributed by atoms with van der Waals surface area (Å²) < 4.78 is 39.6. The molecule has 0 unspecified atom stereocenters. The maximum Gasteiger partial charge on any atom is 0.433 e. The molecule has 0 atom stereocenters. The van der Waals surface area contributed by atoms with Crippen molar-refractivity contribution >= 4 is 5.65 Å². The predicted octanol–water partition coefficient (Wildman–Crippen LogP) is 3.72. The molecule has 0 fully saturated rings. The van der Waals surface area contributed by atoms with Gasteiger partial charge in [0.15, 0.2) is 5.65 Å². The minimum Gasteiger partial charge on any atom is -0.237 e. The van der Waals surface area contributed by atoms with Crippen molar-refractivity contribution in [2.75, 3.05) is 0 Å². The van der Waals surface area contributed by atoms with Gasteiger partial charge in [0.25, 0.3) is 0 Å². The van der Waals surface area contributed by atoms with E-state index in [0.717, 1.165) is 27.9 Å². The van der Waals surface area contributed by atoms with Crippen molar-refractivity contribution in [3.63, 3.8) is 0 Å². The molecule has 1 aromatic carbocycles. The standard InChI is InChI=1S/C14H10F3N3/c1-9-4-2-3-5-10(9)11-8-13-18-7-6-12(14(15,16)17)20(13)19-11/h2-8H,1H3. The van der Waals surface area contributed by atoms with Gasteiger partial charge in [0.05, 0.1) is 5.69 Å². The number of aryl methyl sites for hydroxylation is 1. The van der Waals surface area contributed by atoms with Crippen LogP contribution in [0, 0.1) is 6.92 Å². The normalized spacial score (nSPS) is 12.0. The van der Waals surface area contributed by atoms with Crippen molar-refractivity contribution in [3.8, 4) is 11.3 Å². The van der Waals surface area contributed by atoms with Crippen molar-refractivity contribution < 1.29 is 13.2 Å². The fourth-order valence-electron chi connectivity index (χ4n) is 2.10. The summed E-state index contributed by atoms with van der Waals surface area (Å²) in [7, 11) is 0. The molecule has 0 spiro atoms. The zero-order valence-corrected chi connectivity index (χ0v) is 10.5. The lowest BCUT2D eigenvalue weighted by atomic mass is 10.1. The molecular formula is C14H10F3N3. The molecule has 0 bridgehead atoms. The van der Waals surface area contributed by atoms with Crippen molar-refractivity contribution in [3.05, 3.63) is 53.9 Å². The molecule has 102 valence electrons. The predicted molar refractivity (Wildman–Crippen MR) is 68.2 cm³/mol. The van der Waals surface area contributed by atoms with E-state index in [1.807, 2.05) is 31.2 Å². The van der Waals surface area contributed by atoms with E-state index in [2.05, 4.69) is 10.1 Å². The molecule has 2 aromatic heterocycles. The molecule has 3 rings (SSSR count). The second kappa shape index (κ2) is 4.33. The number of nitrogens with zero attached hydrogens (tertiary/aromatic N) is 3. The van der Waals surface area contributed by atoms with Gasteiger partial charge in [0.2, 0.25) is 0 Å². The van der Waals surface area contributed by atoms with Crippen LogP contribution in [0.4, 0.5) is 13.2 Å². The maximum atomic E-state index is 12.9. The van der Waals surface area contributed by atoms with Crippen molar-refractivity contribution in [1.82, 2.24) is 14.6 Å². The second-order valence-electron chi connectivity index (χ2n) is 4.44. The largest absolute Gasteiger partial charge is 0.433 e. The quantitative estimate of drug-likeness (QED) is 0.678. The summed E-state index contributed by atoms with van der Waals surface area (Å²) in [5.41, 5.74) is 1.57. The van der Waals surface area contributed by atoms with Crippen LogP contribution in [0.1, 0.15) is 11.3 Å². The van der Waals surface area contributed by atoms with Crippen LogP contribution in [0.15, 0.2) is 42.6 Å². The van der Waals surface area contributed by atoms with Gasteiger partial charge in [0.1, 0.15) is 5.69 Å². The van der Waals surface area contributed by atoms with Gasteiger partial charge >= 0.3 is 6.18 Å². The molecule has 0 aliphatic rings. The number of alkyl halides is 3. The van der Waals surface area contributed by atoms with E-state index in [0.29, 0.717) is 5.69 Å². The molecule has 0 aliphatic carbocycles. The topological polar surface area (TPSA) is 30.2 Å². The molecule has 20 heavy (non-hydrogen) atoms. The smallest absolute Gasteiger partial charge is 0.237 e. The first-order valence-corrected chi connectivity index (χ1v) is 5.95. The Labute approximate surface area is 112 Å². The summed E-state index contributed by atoms with van der Waals surface area (Å²) >= 11 is 0. The molecule has 0 aliphatic heterocycles. The Morgan fingerprint density at radius 3 is 2.55 bits per heavy atom. The Kier molecular flexibility index (Phi) is 2.74. The number of benzene rings is 1. The first-order valence-electron chi connectivity index (χ1n) is 5.95. The average molecular weight is 277 g/mol. The van der Waals surface area contributed by atoms with Crippen LogP contribution in [-0.2, 0) is 6.18 Å². The number of fused-ring (bicyclic) bond motifs is 1. The zero-order valence-electron chi connectivity index (χ0n) is 10.5. The lowest BCUT2D eigenvalue weighted by molar-refractivity contribution is -0.142. The first kappa shape index (κ1) is 12.7. The average Bonchev–Trinajstić information content (AvgIpc) is 2.81. The molecular weight excluding hydrogens is 267 g/mol. The van der Waals surface area contributed by atoms with Gasteiger partial charge in [-0.05, 0) is 18.6 Å². The first-order chi connectivity index (χ1) is 9.47. The Hall–Kier alpha value is -2.37. The summed E-state index contributed by atoms with van der Waals surface area (Å²) in [6, 6.07) is 9.87. The summed E-state index contributed by atoms with van der Waals surface area (Å²) in [5, 5.41) is 4.04. The number of aromatic nitrogens is 3. The Morgan fingerprint density at radius 1 is 1.10 bits per heavy atom. The third-order valence-electron chi connectivity index (χ3n) is 3.07. The fourth-order valence-corrected chi connectivity index (χ4v) is 2.10. The van der Waals surface area contributed by atoms with Gasteiger partial charge in [-0.25, -0.2) is 9.50 Å². The summed E-state index contributed by atoms with van der Waals surface area (Å²) in [6.07, 6.45) is -3.32. The van der Waals surface area contributed by atoms with Crippen LogP contribution in [0.3, 0.4) is 0 Å². The van der Waals surface area contributed by atoms with Crippen LogP contribution in [0.2, 0.25) is 0 Å². The van der Waals surface area contributed by atoms with Gasteiger partial charge in [0, 0.05) is 17.8 Å². The second-order valence-corrected chi connectivity index (χ2v) is 4.44. The highest BCUT2D eigenvalue weighted by Gasteiger charge is 2.34. The Balaban J connectivity index is 2.24. The van der Waals surface area contributed by atoms with E-state index < -0.39 is 11.9 Å². The lowest BCUT2D eigenvalue weighted by Gasteiger charge is -2.07. The van der Waals surface area contributed by atoms with Crippen molar-refractivity contribution in [1.29, 1.82) is 0 Å². The molecule has 3 aromatic rings. The van der Waals surface area contributed by atoms with Crippen LogP contribution in [0.5, 0.6) is 0 Å². The fraction of sp³-hybridized carbons (Fsp3) is 0.143. The molecule has 0 amide bonds. The minimum atomic E-state index is -4.46. The molecule has 0 saturated heterocycles. The van der Waals surface area contributed by atoms with Crippen LogP contribution < -0.4 is 0 Å². The van der Waals surface area contributed by atoms with Gasteiger partial charge in [-0.1, -0.05) is 24.3 Å². The minimum absolute atomic E-state index is 0.179. The van der Waals surface area contributed by atoms with E-state index in [9.17, 15) is 13.2 Å². The van der Waals surface area contributed by atoms with Gasteiger partial charge < -0.3 is 0 Å². The molecule has 2 heterocycles. The SMILES string of the molecule is Cc1ccccc1-c1cc2nccc(C(F)(F)F)n2n1. The zero-order chi connectivity index (χ0) is 14.3. The van der Waals surface area contributed by atoms with E-state index in [1.54, 1.807) is 6.07 Å². The molecule has 0 saturated carbocycles. The number of halogens is 3. The van der Waals surface area contributed by atoms with Crippen LogP contribution in [0.25, 0.3) is 16.9 Å². The van der Waals surface area contributed by atoms with Crippen molar-refractivity contribution in [2.24, 2.45) is 0 Å². The summed E-state index contributed by atoms with van der Waals surface area (Å²) in [4.78, 5) is 3.93. The molecule has 0 radical (unpaired) electrons. The monoisotopic (exact) mass is 277 g/mol. The molecule has 0 N–H and O–H groups in total. The van der Waals surface area contributed by atoms with Gasteiger partial charge in [-0.15, -0.1) is 0 Å². The summed E-state index contributed by atoms with van der Waals surface area (Å²) in [5.74, 6) is 0. The van der Waals surface area contributed by atoms with Gasteiger partial charge in [-0.2, -0.15) is 18.3 Å². The highest BCUT2D eigenvalue weighted by atomic mass is 19.4. The highest BCUT2D eigenvalue weighted by Crippen LogP contribution is 2.30. The lowest BCUT2D eigenvalue weighted by Crippen LogP contribution is -2.12. The third kappa shape index (κ3) is 2.03. The number of hydrogen-bond donors (Lipinski definition) is 0.